The van der Waals surface area contributed by atoms with Crippen molar-refractivity contribution in [3.8, 4) is 0 Å². The van der Waals surface area contributed by atoms with Gasteiger partial charge in [-0.25, -0.2) is 15.0 Å². The quantitative estimate of drug-likeness (QED) is 0.779. The largest absolute Gasteiger partial charge is 0.329 e. The van der Waals surface area contributed by atoms with Crippen molar-refractivity contribution in [1.29, 1.82) is 0 Å². The van der Waals surface area contributed by atoms with Crippen LogP contribution >= 0.6 is 11.6 Å². The van der Waals surface area contributed by atoms with Crippen LogP contribution in [-0.4, -0.2) is 26.1 Å². The Kier molecular flexibility index (Phi) is 4.59. The highest BCUT2D eigenvalue weighted by molar-refractivity contribution is 6.31. The average molecular weight is 330 g/mol. The fraction of sp³-hybridized carbons (Fsp3) is 0.353. The van der Waals surface area contributed by atoms with Crippen molar-refractivity contribution >= 4 is 22.6 Å². The predicted octanol–water partition coefficient (Wildman–Crippen LogP) is 3.45. The molecule has 1 N–H and O–H groups in total. The van der Waals surface area contributed by atoms with Crippen LogP contribution in [0.3, 0.4) is 0 Å². The third kappa shape index (κ3) is 3.51. The average Bonchev–Trinajstić information content (AvgIpc) is 2.89. The van der Waals surface area contributed by atoms with E-state index in [9.17, 15) is 0 Å². The summed E-state index contributed by atoms with van der Waals surface area (Å²) in [5, 5.41) is 4.23. The number of aryl methyl sites for hydroxylation is 2. The van der Waals surface area contributed by atoms with E-state index in [2.05, 4.69) is 31.8 Å². The Bertz CT molecular complexity index is 827. The van der Waals surface area contributed by atoms with Crippen LogP contribution in [0.1, 0.15) is 30.0 Å². The second kappa shape index (κ2) is 6.64. The van der Waals surface area contributed by atoms with E-state index in [0.717, 1.165) is 41.2 Å². The summed E-state index contributed by atoms with van der Waals surface area (Å²) in [5.74, 6) is 0.807. The van der Waals surface area contributed by atoms with Gasteiger partial charge >= 0.3 is 0 Å². The number of fused-ring (bicyclic) bond motifs is 1. The van der Waals surface area contributed by atoms with Crippen molar-refractivity contribution in [1.82, 2.24) is 24.8 Å². The molecule has 3 rings (SSSR count). The first-order chi connectivity index (χ1) is 11.0. The number of nitrogens with one attached hydrogen (secondary N) is 1. The van der Waals surface area contributed by atoms with Crippen LogP contribution < -0.4 is 5.32 Å². The maximum Gasteiger partial charge on any atom is 0.125 e. The molecule has 1 unspecified atom stereocenters. The summed E-state index contributed by atoms with van der Waals surface area (Å²) in [5.41, 5.74) is 4.19. The molecule has 1 atom stereocenters. The van der Waals surface area contributed by atoms with E-state index in [-0.39, 0.29) is 6.04 Å². The molecular weight excluding hydrogens is 310 g/mol. The molecular formula is C17H20ClN5. The molecule has 0 radical (unpaired) electrons. The van der Waals surface area contributed by atoms with Gasteiger partial charge in [0.05, 0.1) is 17.4 Å². The Morgan fingerprint density at radius 1 is 1.26 bits per heavy atom. The zero-order valence-electron chi connectivity index (χ0n) is 13.5. The molecule has 0 saturated heterocycles. The van der Waals surface area contributed by atoms with Crippen molar-refractivity contribution in [2.75, 3.05) is 6.54 Å². The normalized spacial score (nSPS) is 12.7. The molecule has 0 saturated carbocycles. The molecule has 5 nitrogen and oxygen atoms in total. The van der Waals surface area contributed by atoms with Gasteiger partial charge in [0.15, 0.2) is 0 Å². The van der Waals surface area contributed by atoms with Gasteiger partial charge in [0.2, 0.25) is 0 Å². The molecule has 0 fully saturated rings. The lowest BCUT2D eigenvalue weighted by atomic mass is 10.1. The Hall–Kier alpha value is -1.98. The molecule has 0 spiro atoms. The zero-order valence-corrected chi connectivity index (χ0v) is 14.3. The first-order valence-corrected chi connectivity index (χ1v) is 8.06. The lowest BCUT2D eigenvalue weighted by molar-refractivity contribution is 0.531. The highest BCUT2D eigenvalue weighted by Gasteiger charge is 2.10. The Morgan fingerprint density at radius 2 is 2.09 bits per heavy atom. The summed E-state index contributed by atoms with van der Waals surface area (Å²) < 4.78 is 2.13. The topological polar surface area (TPSA) is 55.6 Å². The SMILES string of the molecule is Cc1ncc(C(C)NCCn2cnc3cc(Cl)ccc32)c(C)n1. The molecule has 6 heteroatoms. The lowest BCUT2D eigenvalue weighted by Gasteiger charge is -2.16. The maximum atomic E-state index is 5.99. The van der Waals surface area contributed by atoms with E-state index >= 15 is 0 Å². The summed E-state index contributed by atoms with van der Waals surface area (Å²) in [7, 11) is 0. The molecule has 0 bridgehead atoms. The van der Waals surface area contributed by atoms with Crippen LogP contribution in [-0.2, 0) is 6.54 Å². The molecule has 0 amide bonds. The lowest BCUT2D eigenvalue weighted by Crippen LogP contribution is -2.24. The van der Waals surface area contributed by atoms with Gasteiger partial charge in [0.25, 0.3) is 0 Å². The minimum Gasteiger partial charge on any atom is -0.329 e. The van der Waals surface area contributed by atoms with Gasteiger partial charge in [-0.1, -0.05) is 11.6 Å². The molecule has 2 aromatic heterocycles. The summed E-state index contributed by atoms with van der Waals surface area (Å²) in [6.45, 7) is 7.74. The van der Waals surface area contributed by atoms with Crippen molar-refractivity contribution < 1.29 is 0 Å². The predicted molar refractivity (Wildman–Crippen MR) is 92.7 cm³/mol. The van der Waals surface area contributed by atoms with Crippen LogP contribution in [0.4, 0.5) is 0 Å². The Morgan fingerprint density at radius 3 is 2.87 bits per heavy atom. The Balaban J connectivity index is 1.64. The van der Waals surface area contributed by atoms with E-state index in [4.69, 9.17) is 11.6 Å². The molecule has 120 valence electrons. The smallest absolute Gasteiger partial charge is 0.125 e. The summed E-state index contributed by atoms with van der Waals surface area (Å²) >= 11 is 5.99. The number of imidazole rings is 1. The zero-order chi connectivity index (χ0) is 16.4. The molecule has 0 aliphatic carbocycles. The number of hydrogen-bond donors (Lipinski definition) is 1. The summed E-state index contributed by atoms with van der Waals surface area (Å²) in [6, 6.07) is 5.99. The van der Waals surface area contributed by atoms with E-state index in [1.807, 2.05) is 44.6 Å². The first kappa shape index (κ1) is 15.9. The van der Waals surface area contributed by atoms with Crippen LogP contribution in [0.5, 0.6) is 0 Å². The van der Waals surface area contributed by atoms with Gasteiger partial charge in [-0.2, -0.15) is 0 Å². The number of rotatable bonds is 5. The minimum atomic E-state index is 0.208. The Labute approximate surface area is 140 Å². The van der Waals surface area contributed by atoms with E-state index in [1.165, 1.54) is 0 Å². The van der Waals surface area contributed by atoms with Crippen LogP contribution in [0.2, 0.25) is 5.02 Å². The first-order valence-electron chi connectivity index (χ1n) is 7.68. The molecule has 1 aromatic carbocycles. The van der Waals surface area contributed by atoms with E-state index in [0.29, 0.717) is 5.02 Å². The monoisotopic (exact) mass is 329 g/mol. The van der Waals surface area contributed by atoms with Crippen LogP contribution in [0.15, 0.2) is 30.7 Å². The van der Waals surface area contributed by atoms with Gasteiger partial charge in [0, 0.05) is 41.6 Å². The number of hydrogen-bond acceptors (Lipinski definition) is 4. The van der Waals surface area contributed by atoms with Gasteiger partial charge in [0.1, 0.15) is 5.82 Å². The molecule has 23 heavy (non-hydrogen) atoms. The number of aromatic nitrogens is 4. The second-order valence-electron chi connectivity index (χ2n) is 5.70. The molecule has 0 aliphatic heterocycles. The third-order valence-corrected chi connectivity index (χ3v) is 4.23. The minimum absolute atomic E-state index is 0.208. The van der Waals surface area contributed by atoms with Gasteiger partial charge in [-0.05, 0) is 39.0 Å². The third-order valence-electron chi connectivity index (χ3n) is 3.99. The fourth-order valence-corrected chi connectivity index (χ4v) is 2.91. The van der Waals surface area contributed by atoms with Crippen LogP contribution in [0, 0.1) is 13.8 Å². The molecule has 0 aliphatic rings. The van der Waals surface area contributed by atoms with Gasteiger partial charge < -0.3 is 9.88 Å². The number of nitrogens with zero attached hydrogens (tertiary/aromatic N) is 4. The molecule has 3 aromatic rings. The van der Waals surface area contributed by atoms with E-state index in [1.54, 1.807) is 0 Å². The van der Waals surface area contributed by atoms with Crippen LogP contribution in [0.25, 0.3) is 11.0 Å². The number of benzene rings is 1. The van der Waals surface area contributed by atoms with Crippen molar-refractivity contribution in [3.63, 3.8) is 0 Å². The van der Waals surface area contributed by atoms with E-state index < -0.39 is 0 Å². The van der Waals surface area contributed by atoms with Crippen molar-refractivity contribution in [2.24, 2.45) is 0 Å². The van der Waals surface area contributed by atoms with Gasteiger partial charge in [-0.15, -0.1) is 0 Å². The maximum absolute atomic E-state index is 5.99. The standard InChI is InChI=1S/C17H20ClN5/c1-11(15-9-20-13(3)22-12(15)2)19-6-7-23-10-21-16-8-14(18)4-5-17(16)23/h4-5,8-11,19H,6-7H2,1-3H3. The highest BCUT2D eigenvalue weighted by Crippen LogP contribution is 2.18. The number of halogens is 1. The molecule has 2 heterocycles. The second-order valence-corrected chi connectivity index (χ2v) is 6.14. The summed E-state index contributed by atoms with van der Waals surface area (Å²) in [6.07, 6.45) is 3.76. The highest BCUT2D eigenvalue weighted by atomic mass is 35.5. The van der Waals surface area contributed by atoms with Crippen molar-refractivity contribution in [2.45, 2.75) is 33.4 Å². The fourth-order valence-electron chi connectivity index (χ4n) is 2.74. The van der Waals surface area contributed by atoms with Crippen molar-refractivity contribution in [3.05, 3.63) is 52.8 Å². The summed E-state index contributed by atoms with van der Waals surface area (Å²) in [4.78, 5) is 13.1. The van der Waals surface area contributed by atoms with Gasteiger partial charge in [-0.3, -0.25) is 0 Å².